The van der Waals surface area contributed by atoms with Crippen LogP contribution in [0.25, 0.3) is 17.0 Å². The predicted molar refractivity (Wildman–Crippen MR) is 129 cm³/mol. The number of hydrogen-bond acceptors (Lipinski definition) is 8. The highest BCUT2D eigenvalue weighted by molar-refractivity contribution is 5.67. The molecule has 1 aliphatic rings. The Morgan fingerprint density at radius 2 is 1.91 bits per heavy atom. The van der Waals surface area contributed by atoms with Crippen molar-refractivity contribution in [1.29, 1.82) is 0 Å². The standard InChI is InChI=1S/C24H29N9/c1-15-9-29-23(31-17-6-7-24(3,25)16(2)8-17)32-22(15)20-12-28-21-5-4-18(13-33(20)21)30-19-10-26-14-27-11-19/h4-5,9-14,16-17,30H,6-8,25H2,1-3H3,(H,29,31,32). The molecule has 0 saturated heterocycles. The molecule has 0 aliphatic heterocycles. The fraction of sp³-hybridized carbons (Fsp3) is 0.375. The zero-order valence-corrected chi connectivity index (χ0v) is 19.2. The van der Waals surface area contributed by atoms with E-state index in [1.165, 1.54) is 6.33 Å². The van der Waals surface area contributed by atoms with Gasteiger partial charge in [-0.05, 0) is 56.7 Å². The van der Waals surface area contributed by atoms with E-state index in [1.54, 1.807) is 12.4 Å². The Kier molecular flexibility index (Phi) is 5.41. The van der Waals surface area contributed by atoms with Crippen LogP contribution in [-0.4, -0.2) is 40.9 Å². The molecule has 5 rings (SSSR count). The van der Waals surface area contributed by atoms with Gasteiger partial charge in [-0.3, -0.25) is 4.40 Å². The number of hydrogen-bond donors (Lipinski definition) is 3. The summed E-state index contributed by atoms with van der Waals surface area (Å²) in [5.41, 5.74) is 11.6. The summed E-state index contributed by atoms with van der Waals surface area (Å²) in [6.07, 6.45) is 13.7. The van der Waals surface area contributed by atoms with Crippen molar-refractivity contribution < 1.29 is 0 Å². The number of nitrogens with two attached hydrogens (primary N) is 1. The molecule has 4 aromatic heterocycles. The lowest BCUT2D eigenvalue weighted by Crippen LogP contribution is -2.49. The third kappa shape index (κ3) is 4.36. The Balaban J connectivity index is 1.43. The topological polar surface area (TPSA) is 119 Å². The molecule has 0 aromatic carbocycles. The minimum atomic E-state index is -0.106. The lowest BCUT2D eigenvalue weighted by atomic mass is 9.74. The lowest BCUT2D eigenvalue weighted by molar-refractivity contribution is 0.213. The Hall–Kier alpha value is -3.59. The first-order valence-electron chi connectivity index (χ1n) is 11.3. The summed E-state index contributed by atoms with van der Waals surface area (Å²) >= 11 is 0. The summed E-state index contributed by atoms with van der Waals surface area (Å²) < 4.78 is 2.04. The van der Waals surface area contributed by atoms with Gasteiger partial charge in [0, 0.05) is 24.0 Å². The van der Waals surface area contributed by atoms with Crippen LogP contribution in [0.2, 0.25) is 0 Å². The fourth-order valence-corrected chi connectivity index (χ4v) is 4.39. The van der Waals surface area contributed by atoms with Crippen molar-refractivity contribution >= 4 is 23.0 Å². The van der Waals surface area contributed by atoms with Crippen LogP contribution in [0.15, 0.2) is 49.4 Å². The van der Waals surface area contributed by atoms with E-state index in [9.17, 15) is 0 Å². The summed E-state index contributed by atoms with van der Waals surface area (Å²) in [6.45, 7) is 6.39. The molecule has 4 aromatic rings. The maximum atomic E-state index is 6.42. The number of fused-ring (bicyclic) bond motifs is 1. The van der Waals surface area contributed by atoms with Gasteiger partial charge in [-0.2, -0.15) is 0 Å². The number of nitrogens with zero attached hydrogens (tertiary/aromatic N) is 6. The quantitative estimate of drug-likeness (QED) is 0.424. The van der Waals surface area contributed by atoms with Gasteiger partial charge >= 0.3 is 0 Å². The average Bonchev–Trinajstić information content (AvgIpc) is 3.22. The smallest absolute Gasteiger partial charge is 0.223 e. The van der Waals surface area contributed by atoms with Crippen LogP contribution in [0.5, 0.6) is 0 Å². The van der Waals surface area contributed by atoms with Crippen LogP contribution in [0.3, 0.4) is 0 Å². The largest absolute Gasteiger partial charge is 0.352 e. The van der Waals surface area contributed by atoms with Crippen molar-refractivity contribution in [3.63, 3.8) is 0 Å². The highest BCUT2D eigenvalue weighted by Gasteiger charge is 2.34. The van der Waals surface area contributed by atoms with Crippen LogP contribution in [0.1, 0.15) is 38.7 Å². The summed E-state index contributed by atoms with van der Waals surface area (Å²) in [5, 5.41) is 6.86. The molecule has 33 heavy (non-hydrogen) atoms. The minimum Gasteiger partial charge on any atom is -0.352 e. The van der Waals surface area contributed by atoms with Gasteiger partial charge in [0.05, 0.1) is 41.4 Å². The third-order valence-electron chi connectivity index (χ3n) is 6.70. The van der Waals surface area contributed by atoms with Crippen LogP contribution in [-0.2, 0) is 0 Å². The van der Waals surface area contributed by atoms with Crippen molar-refractivity contribution in [1.82, 2.24) is 29.3 Å². The molecule has 1 fully saturated rings. The SMILES string of the molecule is Cc1cnc(NC2CCC(C)(N)C(C)C2)nc1-c1cnc2ccc(Nc3cncnc3)cn12. The summed E-state index contributed by atoms with van der Waals surface area (Å²) in [6, 6.07) is 4.27. The van der Waals surface area contributed by atoms with Gasteiger partial charge in [0.15, 0.2) is 0 Å². The van der Waals surface area contributed by atoms with E-state index < -0.39 is 0 Å². The van der Waals surface area contributed by atoms with Crippen molar-refractivity contribution in [3.05, 3.63) is 55.0 Å². The van der Waals surface area contributed by atoms with Crippen molar-refractivity contribution in [2.45, 2.75) is 51.6 Å². The number of anilines is 3. The van der Waals surface area contributed by atoms with Crippen molar-refractivity contribution in [3.8, 4) is 11.4 Å². The molecule has 0 spiro atoms. The van der Waals surface area contributed by atoms with Gasteiger partial charge < -0.3 is 16.4 Å². The minimum absolute atomic E-state index is 0.106. The molecule has 3 unspecified atom stereocenters. The van der Waals surface area contributed by atoms with E-state index in [-0.39, 0.29) is 5.54 Å². The molecule has 9 nitrogen and oxygen atoms in total. The fourth-order valence-electron chi connectivity index (χ4n) is 4.39. The van der Waals surface area contributed by atoms with Gasteiger partial charge in [-0.15, -0.1) is 0 Å². The maximum Gasteiger partial charge on any atom is 0.223 e. The van der Waals surface area contributed by atoms with Gasteiger partial charge in [0.2, 0.25) is 5.95 Å². The molecule has 9 heteroatoms. The van der Waals surface area contributed by atoms with Crippen LogP contribution in [0, 0.1) is 12.8 Å². The van der Waals surface area contributed by atoms with Gasteiger partial charge in [-0.1, -0.05) is 6.92 Å². The number of rotatable bonds is 5. The predicted octanol–water partition coefficient (Wildman–Crippen LogP) is 3.95. The molecule has 4 N–H and O–H groups in total. The second kappa shape index (κ2) is 8.40. The second-order valence-electron chi connectivity index (χ2n) is 9.29. The number of imidazole rings is 1. The number of aryl methyl sites for hydroxylation is 1. The van der Waals surface area contributed by atoms with Gasteiger partial charge in [-0.25, -0.2) is 24.9 Å². The van der Waals surface area contributed by atoms with E-state index >= 15 is 0 Å². The maximum absolute atomic E-state index is 6.42. The molecular formula is C24H29N9. The normalized spacial score (nSPS) is 22.9. The van der Waals surface area contributed by atoms with Crippen LogP contribution in [0.4, 0.5) is 17.3 Å². The summed E-state index contributed by atoms with van der Waals surface area (Å²) in [5.74, 6) is 1.08. The first kappa shape index (κ1) is 21.3. The number of nitrogens with one attached hydrogen (secondary N) is 2. The van der Waals surface area contributed by atoms with E-state index in [0.29, 0.717) is 17.9 Å². The summed E-state index contributed by atoms with van der Waals surface area (Å²) in [7, 11) is 0. The zero-order valence-electron chi connectivity index (χ0n) is 19.2. The number of aromatic nitrogens is 6. The van der Waals surface area contributed by atoms with Gasteiger partial charge in [0.1, 0.15) is 12.0 Å². The second-order valence-corrected chi connectivity index (χ2v) is 9.29. The Morgan fingerprint density at radius 3 is 2.70 bits per heavy atom. The number of pyridine rings is 1. The Labute approximate surface area is 192 Å². The molecule has 0 bridgehead atoms. The molecular weight excluding hydrogens is 414 g/mol. The molecule has 0 radical (unpaired) electrons. The van der Waals surface area contributed by atoms with E-state index in [4.69, 9.17) is 10.7 Å². The average molecular weight is 444 g/mol. The first-order valence-corrected chi connectivity index (χ1v) is 11.3. The molecule has 4 heterocycles. The zero-order chi connectivity index (χ0) is 23.0. The van der Waals surface area contributed by atoms with Crippen LogP contribution < -0.4 is 16.4 Å². The third-order valence-corrected chi connectivity index (χ3v) is 6.70. The first-order chi connectivity index (χ1) is 15.9. The van der Waals surface area contributed by atoms with E-state index in [0.717, 1.165) is 53.2 Å². The molecule has 170 valence electrons. The lowest BCUT2D eigenvalue weighted by Gasteiger charge is -2.40. The van der Waals surface area contributed by atoms with Crippen molar-refractivity contribution in [2.24, 2.45) is 11.7 Å². The van der Waals surface area contributed by atoms with Crippen molar-refractivity contribution in [2.75, 3.05) is 10.6 Å². The molecule has 0 amide bonds. The highest BCUT2D eigenvalue weighted by atomic mass is 15.1. The van der Waals surface area contributed by atoms with Gasteiger partial charge in [0.25, 0.3) is 0 Å². The molecule has 1 aliphatic carbocycles. The van der Waals surface area contributed by atoms with E-state index in [2.05, 4.69) is 44.4 Å². The summed E-state index contributed by atoms with van der Waals surface area (Å²) in [4.78, 5) is 22.1. The molecule has 3 atom stereocenters. The van der Waals surface area contributed by atoms with Crippen LogP contribution >= 0.6 is 0 Å². The van der Waals surface area contributed by atoms with E-state index in [1.807, 2.05) is 42.0 Å². The molecule has 1 saturated carbocycles. The highest BCUT2D eigenvalue weighted by Crippen LogP contribution is 2.33. The monoisotopic (exact) mass is 443 g/mol. The Morgan fingerprint density at radius 1 is 1.09 bits per heavy atom. The Bertz CT molecular complexity index is 1270.